The summed E-state index contributed by atoms with van der Waals surface area (Å²) >= 11 is 6.30. The zero-order valence-corrected chi connectivity index (χ0v) is 14.6. The molecule has 1 saturated heterocycles. The third kappa shape index (κ3) is 3.48. The van der Waals surface area contributed by atoms with Crippen LogP contribution in [-0.2, 0) is 4.79 Å². The smallest absolute Gasteiger partial charge is 0.270 e. The highest BCUT2D eigenvalue weighted by Gasteiger charge is 2.33. The van der Waals surface area contributed by atoms with Gasteiger partial charge in [0.15, 0.2) is 4.32 Å². The number of hydrogen-bond acceptors (Lipinski definition) is 7. The summed E-state index contributed by atoms with van der Waals surface area (Å²) in [7, 11) is 0. The van der Waals surface area contributed by atoms with Gasteiger partial charge in [0.2, 0.25) is 0 Å². The molecule has 9 heteroatoms. The molecule has 0 saturated carbocycles. The fourth-order valence-electron chi connectivity index (χ4n) is 2.31. The number of nitro groups is 1. The van der Waals surface area contributed by atoms with Crippen LogP contribution in [0.25, 0.3) is 6.08 Å². The average molecular weight is 385 g/mol. The van der Waals surface area contributed by atoms with Crippen LogP contribution in [0.5, 0.6) is 0 Å². The normalized spacial score (nSPS) is 15.5. The van der Waals surface area contributed by atoms with Crippen LogP contribution in [0.2, 0.25) is 0 Å². The van der Waals surface area contributed by atoms with Crippen LogP contribution < -0.4 is 10.0 Å². The number of nitrogens with zero attached hydrogens (tertiary/aromatic N) is 2. The SMILES string of the molecule is O=C([O-])c1cccc(N2C(=O)/C(=C\c3ccc([N+](=O)[O-])cc3)SC2=S)c1. The number of amides is 1. The summed E-state index contributed by atoms with van der Waals surface area (Å²) in [5, 5.41) is 21.7. The van der Waals surface area contributed by atoms with Crippen LogP contribution in [0.15, 0.2) is 53.4 Å². The van der Waals surface area contributed by atoms with Crippen LogP contribution in [0.4, 0.5) is 11.4 Å². The summed E-state index contributed by atoms with van der Waals surface area (Å²) in [6.45, 7) is 0. The summed E-state index contributed by atoms with van der Waals surface area (Å²) in [6.07, 6.45) is 1.58. The number of carbonyl (C=O) groups excluding carboxylic acids is 2. The molecule has 26 heavy (non-hydrogen) atoms. The number of nitro benzene ring substituents is 1. The molecule has 0 atom stereocenters. The number of anilines is 1. The van der Waals surface area contributed by atoms with Crippen LogP contribution in [0.3, 0.4) is 0 Å². The lowest BCUT2D eigenvalue weighted by atomic mass is 10.1. The number of carboxylic acid groups (broad SMARTS) is 1. The van der Waals surface area contributed by atoms with Crippen molar-refractivity contribution in [2.24, 2.45) is 0 Å². The molecule has 1 heterocycles. The second-order valence-corrected chi connectivity index (χ2v) is 6.88. The molecule has 0 aliphatic carbocycles. The van der Waals surface area contributed by atoms with Crippen molar-refractivity contribution in [3.8, 4) is 0 Å². The molecule has 130 valence electrons. The van der Waals surface area contributed by atoms with E-state index in [1.165, 1.54) is 47.4 Å². The lowest BCUT2D eigenvalue weighted by Gasteiger charge is -2.15. The molecule has 0 N–H and O–H groups in total. The Morgan fingerprint density at radius 1 is 1.19 bits per heavy atom. The number of hydrogen-bond donors (Lipinski definition) is 0. The third-order valence-electron chi connectivity index (χ3n) is 3.54. The summed E-state index contributed by atoms with van der Waals surface area (Å²) in [6, 6.07) is 11.5. The molecule has 7 nitrogen and oxygen atoms in total. The average Bonchev–Trinajstić information content (AvgIpc) is 2.89. The lowest BCUT2D eigenvalue weighted by Crippen LogP contribution is -2.28. The van der Waals surface area contributed by atoms with Crippen molar-refractivity contribution < 1.29 is 19.6 Å². The Morgan fingerprint density at radius 3 is 2.50 bits per heavy atom. The van der Waals surface area contributed by atoms with E-state index in [1.54, 1.807) is 12.1 Å². The Kier molecular flexibility index (Phi) is 4.83. The third-order valence-corrected chi connectivity index (χ3v) is 4.84. The number of carboxylic acids is 1. The van der Waals surface area contributed by atoms with E-state index < -0.39 is 16.8 Å². The second kappa shape index (κ2) is 7.06. The van der Waals surface area contributed by atoms with Crippen molar-refractivity contribution in [2.75, 3.05) is 4.90 Å². The zero-order valence-electron chi connectivity index (χ0n) is 12.9. The molecule has 1 aliphatic heterocycles. The Balaban J connectivity index is 1.90. The largest absolute Gasteiger partial charge is 0.545 e. The van der Waals surface area contributed by atoms with Gasteiger partial charge in [-0.15, -0.1) is 0 Å². The van der Waals surface area contributed by atoms with Gasteiger partial charge in [-0.25, -0.2) is 0 Å². The first kappa shape index (κ1) is 17.8. The molecule has 0 unspecified atom stereocenters. The molecule has 0 bridgehead atoms. The Morgan fingerprint density at radius 2 is 1.88 bits per heavy atom. The van der Waals surface area contributed by atoms with E-state index in [9.17, 15) is 24.8 Å². The monoisotopic (exact) mass is 385 g/mol. The van der Waals surface area contributed by atoms with Gasteiger partial charge in [0.25, 0.3) is 11.6 Å². The molecule has 3 rings (SSSR count). The van der Waals surface area contributed by atoms with Crippen molar-refractivity contribution >= 4 is 57.6 Å². The summed E-state index contributed by atoms with van der Waals surface area (Å²) in [5.41, 5.74) is 0.838. The zero-order chi connectivity index (χ0) is 18.8. The van der Waals surface area contributed by atoms with Crippen molar-refractivity contribution in [3.63, 3.8) is 0 Å². The minimum atomic E-state index is -1.35. The predicted octanol–water partition coefficient (Wildman–Crippen LogP) is 2.36. The van der Waals surface area contributed by atoms with Gasteiger partial charge in [0.05, 0.1) is 21.5 Å². The van der Waals surface area contributed by atoms with E-state index in [2.05, 4.69) is 0 Å². The van der Waals surface area contributed by atoms with E-state index in [0.29, 0.717) is 16.2 Å². The first-order valence-electron chi connectivity index (χ1n) is 7.20. The number of benzene rings is 2. The highest BCUT2D eigenvalue weighted by Crippen LogP contribution is 2.36. The Bertz CT molecular complexity index is 969. The van der Waals surface area contributed by atoms with E-state index in [1.807, 2.05) is 0 Å². The fraction of sp³-hybridized carbons (Fsp3) is 0. The molecule has 2 aromatic carbocycles. The fourth-order valence-corrected chi connectivity index (χ4v) is 3.60. The minimum Gasteiger partial charge on any atom is -0.545 e. The molecular weight excluding hydrogens is 376 g/mol. The maximum absolute atomic E-state index is 12.7. The first-order chi connectivity index (χ1) is 12.4. The number of thioether (sulfide) groups is 1. The maximum atomic E-state index is 12.7. The van der Waals surface area contributed by atoms with Crippen molar-refractivity contribution in [2.45, 2.75) is 0 Å². The number of thiocarbonyl (C=S) groups is 1. The number of non-ortho nitro benzene ring substituents is 1. The lowest BCUT2D eigenvalue weighted by molar-refractivity contribution is -0.384. The molecule has 0 aromatic heterocycles. The summed E-state index contributed by atoms with van der Waals surface area (Å²) in [4.78, 5) is 35.4. The number of rotatable bonds is 4. The van der Waals surface area contributed by atoms with Crippen molar-refractivity contribution in [1.29, 1.82) is 0 Å². The molecule has 0 spiro atoms. The molecule has 1 aliphatic rings. The second-order valence-electron chi connectivity index (χ2n) is 5.20. The Labute approximate surface area is 157 Å². The van der Waals surface area contributed by atoms with E-state index in [4.69, 9.17) is 12.2 Å². The molecular formula is C17H9N2O5S2-. The summed E-state index contributed by atoms with van der Waals surface area (Å²) < 4.78 is 0.263. The van der Waals surface area contributed by atoms with Gasteiger partial charge in [-0.05, 0) is 41.5 Å². The van der Waals surface area contributed by atoms with Gasteiger partial charge in [-0.2, -0.15) is 0 Å². The molecule has 0 radical (unpaired) electrons. The highest BCUT2D eigenvalue weighted by atomic mass is 32.2. The molecule has 2 aromatic rings. The van der Waals surface area contributed by atoms with E-state index >= 15 is 0 Å². The quantitative estimate of drug-likeness (QED) is 0.344. The van der Waals surface area contributed by atoms with Gasteiger partial charge in [0, 0.05) is 12.1 Å². The number of carbonyl (C=O) groups is 2. The van der Waals surface area contributed by atoms with Gasteiger partial charge in [-0.1, -0.05) is 36.1 Å². The summed E-state index contributed by atoms with van der Waals surface area (Å²) in [5.74, 6) is -1.74. The van der Waals surface area contributed by atoms with Gasteiger partial charge in [0.1, 0.15) is 0 Å². The van der Waals surface area contributed by atoms with Crippen LogP contribution in [0, 0.1) is 10.1 Å². The molecule has 1 amide bonds. The standard InChI is InChI=1S/C17H10N2O5S2/c20-15-14(8-10-4-6-12(7-5-10)19(23)24)26-17(25)18(15)13-3-1-2-11(9-13)16(21)22/h1-9H,(H,21,22)/p-1/b14-8+. The van der Waals surface area contributed by atoms with Gasteiger partial charge < -0.3 is 9.90 Å². The van der Waals surface area contributed by atoms with Crippen molar-refractivity contribution in [1.82, 2.24) is 0 Å². The maximum Gasteiger partial charge on any atom is 0.270 e. The van der Waals surface area contributed by atoms with E-state index in [0.717, 1.165) is 11.8 Å². The Hall–Kier alpha value is -3.04. The van der Waals surface area contributed by atoms with Crippen LogP contribution >= 0.6 is 24.0 Å². The van der Waals surface area contributed by atoms with Gasteiger partial charge in [-0.3, -0.25) is 19.8 Å². The van der Waals surface area contributed by atoms with Crippen LogP contribution in [-0.4, -0.2) is 21.1 Å². The topological polar surface area (TPSA) is 104 Å². The highest BCUT2D eigenvalue weighted by molar-refractivity contribution is 8.27. The van der Waals surface area contributed by atoms with Crippen LogP contribution in [0.1, 0.15) is 15.9 Å². The first-order valence-corrected chi connectivity index (χ1v) is 8.43. The van der Waals surface area contributed by atoms with Gasteiger partial charge >= 0.3 is 0 Å². The number of aromatic carboxylic acids is 1. The predicted molar refractivity (Wildman–Crippen MR) is 99.5 cm³/mol. The van der Waals surface area contributed by atoms with E-state index in [-0.39, 0.29) is 15.6 Å². The molecule has 1 fully saturated rings. The minimum absolute atomic E-state index is 0.0474. The van der Waals surface area contributed by atoms with Crippen molar-refractivity contribution in [3.05, 3.63) is 74.7 Å².